The van der Waals surface area contributed by atoms with Crippen LogP contribution in [0.1, 0.15) is 0 Å². The average molecular weight is 170 g/mol. The van der Waals surface area contributed by atoms with Crippen molar-refractivity contribution < 1.29 is 8.42 Å². The standard InChI is InChI=1S/C6H6N2O2S/c1-2-11(9,10)6-4-3-5-7-8-6/h2-5H,1H2. The third-order valence-corrected chi connectivity index (χ3v) is 2.30. The van der Waals surface area contributed by atoms with E-state index in [1.807, 2.05) is 0 Å². The van der Waals surface area contributed by atoms with E-state index in [0.717, 1.165) is 5.41 Å². The molecule has 58 valence electrons. The Kier molecular flexibility index (Phi) is 2.00. The van der Waals surface area contributed by atoms with E-state index in [2.05, 4.69) is 16.8 Å². The molecule has 1 aromatic rings. The summed E-state index contributed by atoms with van der Waals surface area (Å²) in [6.07, 6.45) is 1.40. The Morgan fingerprint density at radius 1 is 1.55 bits per heavy atom. The summed E-state index contributed by atoms with van der Waals surface area (Å²) >= 11 is 0. The lowest BCUT2D eigenvalue weighted by molar-refractivity contribution is 0.599. The number of hydrogen-bond donors (Lipinski definition) is 0. The van der Waals surface area contributed by atoms with E-state index in [1.54, 1.807) is 0 Å². The van der Waals surface area contributed by atoms with E-state index in [1.165, 1.54) is 18.3 Å². The van der Waals surface area contributed by atoms with Gasteiger partial charge in [0.15, 0.2) is 5.03 Å². The normalized spacial score (nSPS) is 10.9. The molecule has 0 spiro atoms. The third kappa shape index (κ3) is 1.62. The van der Waals surface area contributed by atoms with Gasteiger partial charge in [-0.25, -0.2) is 8.42 Å². The second kappa shape index (κ2) is 2.79. The zero-order chi connectivity index (χ0) is 8.32. The van der Waals surface area contributed by atoms with Crippen LogP contribution in [0.2, 0.25) is 0 Å². The number of sulfone groups is 1. The zero-order valence-electron chi connectivity index (χ0n) is 5.64. The third-order valence-electron chi connectivity index (χ3n) is 1.06. The highest BCUT2D eigenvalue weighted by Gasteiger charge is 2.09. The first-order valence-electron chi connectivity index (χ1n) is 2.82. The largest absolute Gasteiger partial charge is 0.218 e. The molecule has 0 saturated heterocycles. The van der Waals surface area contributed by atoms with Crippen molar-refractivity contribution in [2.45, 2.75) is 5.03 Å². The molecule has 0 amide bonds. The predicted octanol–water partition coefficient (Wildman–Crippen LogP) is 0.394. The summed E-state index contributed by atoms with van der Waals surface area (Å²) < 4.78 is 22.0. The second-order valence-electron chi connectivity index (χ2n) is 1.77. The van der Waals surface area contributed by atoms with Gasteiger partial charge in [0, 0.05) is 11.6 Å². The van der Waals surface area contributed by atoms with Crippen molar-refractivity contribution in [2.75, 3.05) is 0 Å². The summed E-state index contributed by atoms with van der Waals surface area (Å²) in [5.41, 5.74) is 0. The molecule has 0 bridgehead atoms. The highest BCUT2D eigenvalue weighted by Crippen LogP contribution is 2.04. The van der Waals surface area contributed by atoms with Gasteiger partial charge in [0.05, 0.1) is 0 Å². The maximum atomic E-state index is 11.0. The Morgan fingerprint density at radius 3 is 2.73 bits per heavy atom. The molecule has 0 unspecified atom stereocenters. The Labute approximate surface area is 64.5 Å². The first-order chi connectivity index (χ1) is 5.17. The van der Waals surface area contributed by atoms with Crippen molar-refractivity contribution in [3.05, 3.63) is 30.3 Å². The van der Waals surface area contributed by atoms with Crippen LogP contribution in [0.4, 0.5) is 0 Å². The van der Waals surface area contributed by atoms with Gasteiger partial charge in [0.1, 0.15) is 0 Å². The lowest BCUT2D eigenvalue weighted by Gasteiger charge is -1.92. The fraction of sp³-hybridized carbons (Fsp3) is 0. The number of hydrogen-bond acceptors (Lipinski definition) is 4. The maximum Gasteiger partial charge on any atom is 0.218 e. The topological polar surface area (TPSA) is 59.9 Å². The monoisotopic (exact) mass is 170 g/mol. The van der Waals surface area contributed by atoms with Crippen LogP contribution < -0.4 is 0 Å². The highest BCUT2D eigenvalue weighted by molar-refractivity contribution is 7.94. The van der Waals surface area contributed by atoms with Gasteiger partial charge in [-0.2, -0.15) is 5.10 Å². The molecule has 4 nitrogen and oxygen atoms in total. The lowest BCUT2D eigenvalue weighted by Crippen LogP contribution is -1.99. The van der Waals surface area contributed by atoms with E-state index in [-0.39, 0.29) is 5.03 Å². The van der Waals surface area contributed by atoms with Gasteiger partial charge in [0.2, 0.25) is 9.84 Å². The van der Waals surface area contributed by atoms with E-state index >= 15 is 0 Å². The summed E-state index contributed by atoms with van der Waals surface area (Å²) in [6.45, 7) is 3.15. The van der Waals surface area contributed by atoms with Crippen molar-refractivity contribution in [3.8, 4) is 0 Å². The molecular formula is C6H6N2O2S. The molecule has 0 aromatic carbocycles. The molecule has 0 aliphatic rings. The Hall–Kier alpha value is -1.23. The molecule has 11 heavy (non-hydrogen) atoms. The summed E-state index contributed by atoms with van der Waals surface area (Å²) in [6, 6.07) is 2.87. The molecule has 1 heterocycles. The summed E-state index contributed by atoms with van der Waals surface area (Å²) in [5, 5.41) is 7.60. The van der Waals surface area contributed by atoms with Crippen LogP contribution in [0.5, 0.6) is 0 Å². The van der Waals surface area contributed by atoms with Gasteiger partial charge >= 0.3 is 0 Å². The molecule has 1 aromatic heterocycles. The minimum atomic E-state index is -3.41. The molecule has 1 rings (SSSR count). The predicted molar refractivity (Wildman–Crippen MR) is 39.4 cm³/mol. The molecule has 0 fully saturated rings. The van der Waals surface area contributed by atoms with Crippen LogP contribution in [0.25, 0.3) is 0 Å². The SMILES string of the molecule is C=CS(=O)(=O)c1cccnn1. The van der Waals surface area contributed by atoms with Crippen molar-refractivity contribution >= 4 is 9.84 Å². The minimum Gasteiger partial charge on any atom is -0.217 e. The van der Waals surface area contributed by atoms with Crippen molar-refractivity contribution in [1.29, 1.82) is 0 Å². The molecule has 0 aliphatic carbocycles. The Morgan fingerprint density at radius 2 is 2.27 bits per heavy atom. The minimum absolute atomic E-state index is 0.0741. The summed E-state index contributed by atoms with van der Waals surface area (Å²) in [7, 11) is -3.41. The van der Waals surface area contributed by atoms with Crippen molar-refractivity contribution in [1.82, 2.24) is 10.2 Å². The van der Waals surface area contributed by atoms with Crippen molar-refractivity contribution in [2.24, 2.45) is 0 Å². The van der Waals surface area contributed by atoms with Gasteiger partial charge in [-0.3, -0.25) is 0 Å². The van der Waals surface area contributed by atoms with Crippen LogP contribution in [-0.4, -0.2) is 18.6 Å². The number of rotatable bonds is 2. The fourth-order valence-corrected chi connectivity index (χ4v) is 1.12. The van der Waals surface area contributed by atoms with Gasteiger partial charge in [-0.05, 0) is 12.1 Å². The van der Waals surface area contributed by atoms with Crippen LogP contribution in [0, 0.1) is 0 Å². The molecule has 5 heteroatoms. The Balaban J connectivity index is 3.24. The van der Waals surface area contributed by atoms with Gasteiger partial charge < -0.3 is 0 Å². The summed E-state index contributed by atoms with van der Waals surface area (Å²) in [5.74, 6) is 0. The first-order valence-corrected chi connectivity index (χ1v) is 4.36. The molecule has 0 N–H and O–H groups in total. The maximum absolute atomic E-state index is 11.0. The quantitative estimate of drug-likeness (QED) is 0.644. The van der Waals surface area contributed by atoms with Crippen molar-refractivity contribution in [3.63, 3.8) is 0 Å². The van der Waals surface area contributed by atoms with Gasteiger partial charge in [-0.15, -0.1) is 5.10 Å². The molecule has 0 aliphatic heterocycles. The van der Waals surface area contributed by atoms with E-state index in [0.29, 0.717) is 0 Å². The van der Waals surface area contributed by atoms with Crippen LogP contribution in [-0.2, 0) is 9.84 Å². The van der Waals surface area contributed by atoms with Crippen LogP contribution >= 0.6 is 0 Å². The zero-order valence-corrected chi connectivity index (χ0v) is 6.45. The summed E-state index contributed by atoms with van der Waals surface area (Å²) in [4.78, 5) is 0. The molecule has 0 radical (unpaired) electrons. The van der Waals surface area contributed by atoms with Crippen LogP contribution in [0.3, 0.4) is 0 Å². The highest BCUT2D eigenvalue weighted by atomic mass is 32.2. The average Bonchev–Trinajstić information content (AvgIpc) is 2.06. The molecule has 0 saturated carbocycles. The van der Waals surface area contributed by atoms with E-state index in [4.69, 9.17) is 0 Å². The van der Waals surface area contributed by atoms with Crippen LogP contribution in [0.15, 0.2) is 35.3 Å². The van der Waals surface area contributed by atoms with E-state index < -0.39 is 9.84 Å². The first kappa shape index (κ1) is 7.87. The lowest BCUT2D eigenvalue weighted by atomic mass is 10.6. The second-order valence-corrected chi connectivity index (χ2v) is 3.62. The fourth-order valence-electron chi connectivity index (χ4n) is 0.525. The smallest absolute Gasteiger partial charge is 0.217 e. The number of nitrogens with zero attached hydrogens (tertiary/aromatic N) is 2. The van der Waals surface area contributed by atoms with E-state index in [9.17, 15) is 8.42 Å². The Bertz CT molecular complexity index is 344. The van der Waals surface area contributed by atoms with Gasteiger partial charge in [-0.1, -0.05) is 6.58 Å². The number of aromatic nitrogens is 2. The molecular weight excluding hydrogens is 164 g/mol. The molecule has 0 atom stereocenters. The van der Waals surface area contributed by atoms with Gasteiger partial charge in [0.25, 0.3) is 0 Å².